The van der Waals surface area contributed by atoms with Gasteiger partial charge in [0.1, 0.15) is 11.2 Å². The highest BCUT2D eigenvalue weighted by Gasteiger charge is 2.56. The van der Waals surface area contributed by atoms with Crippen LogP contribution in [0.15, 0.2) is 235 Å². The van der Waals surface area contributed by atoms with Gasteiger partial charge in [0, 0.05) is 50.7 Å². The zero-order valence-corrected chi connectivity index (χ0v) is 37.9. The van der Waals surface area contributed by atoms with Crippen molar-refractivity contribution < 1.29 is 4.42 Å². The minimum Gasteiger partial charge on any atom is -0.455 e. The Hall–Kier alpha value is -8.20. The van der Waals surface area contributed by atoms with Crippen molar-refractivity contribution in [2.24, 2.45) is 5.92 Å². The maximum absolute atomic E-state index is 6.55. The third-order valence-electron chi connectivity index (χ3n) is 16.3. The topological polar surface area (TPSA) is 16.4 Å². The number of anilines is 2. The molecule has 1 aromatic heterocycles. The summed E-state index contributed by atoms with van der Waals surface area (Å²) in [5.41, 5.74) is 20.6. The van der Waals surface area contributed by atoms with Crippen molar-refractivity contribution in [1.82, 2.24) is 0 Å². The van der Waals surface area contributed by atoms with E-state index in [1.807, 2.05) is 6.07 Å². The largest absolute Gasteiger partial charge is 0.455 e. The molecule has 0 bridgehead atoms. The number of benzene rings is 10. The Balaban J connectivity index is 0.965. The third-order valence-corrected chi connectivity index (χ3v) is 16.3. The van der Waals surface area contributed by atoms with Crippen LogP contribution < -0.4 is 4.90 Å². The van der Waals surface area contributed by atoms with E-state index in [1.165, 1.54) is 82.9 Å². The molecule has 0 aliphatic heterocycles. The number of rotatable bonds is 4. The predicted octanol–water partition coefficient (Wildman–Crippen LogP) is 17.2. The quantitative estimate of drug-likeness (QED) is 0.175. The maximum Gasteiger partial charge on any atom is 0.143 e. The van der Waals surface area contributed by atoms with Crippen LogP contribution in [0.3, 0.4) is 0 Å². The Bertz CT molecular complexity index is 4020. The highest BCUT2D eigenvalue weighted by Crippen LogP contribution is 2.65. The van der Waals surface area contributed by atoms with Crippen LogP contribution in [-0.4, -0.2) is 0 Å². The van der Waals surface area contributed by atoms with E-state index in [0.29, 0.717) is 0 Å². The third kappa shape index (κ3) is 4.91. The van der Waals surface area contributed by atoms with Gasteiger partial charge in [-0.3, -0.25) is 0 Å². The first-order chi connectivity index (χ1) is 33.5. The summed E-state index contributed by atoms with van der Waals surface area (Å²) >= 11 is 0. The number of furan rings is 1. The Morgan fingerprint density at radius 2 is 1.13 bits per heavy atom. The summed E-state index contributed by atoms with van der Waals surface area (Å²) < 4.78 is 6.55. The molecule has 0 N–H and O–H groups in total. The molecule has 68 heavy (non-hydrogen) atoms. The lowest BCUT2D eigenvalue weighted by molar-refractivity contribution is 0.456. The van der Waals surface area contributed by atoms with Crippen molar-refractivity contribution in [3.05, 3.63) is 264 Å². The van der Waals surface area contributed by atoms with Crippen molar-refractivity contribution in [1.29, 1.82) is 0 Å². The van der Waals surface area contributed by atoms with Gasteiger partial charge in [0.2, 0.25) is 0 Å². The van der Waals surface area contributed by atoms with Crippen LogP contribution >= 0.6 is 0 Å². The molecule has 1 spiro atoms. The summed E-state index contributed by atoms with van der Waals surface area (Å²) in [4.78, 5) is 2.52. The maximum atomic E-state index is 6.55. The summed E-state index contributed by atoms with van der Waals surface area (Å²) in [5, 5.41) is 7.52. The molecule has 10 aromatic carbocycles. The zero-order valence-electron chi connectivity index (χ0n) is 37.9. The van der Waals surface area contributed by atoms with Crippen LogP contribution in [0.2, 0.25) is 0 Å². The minimum atomic E-state index is -0.452. The lowest BCUT2D eigenvalue weighted by Crippen LogP contribution is -2.38. The lowest BCUT2D eigenvalue weighted by Gasteiger charge is -2.44. The standard InChI is InChI=1S/C66H45NO/c1-65(2)55-24-8-5-18-48(55)50-35-33-44(38-59(50)65)67(43-31-28-41(29-32-43)47-21-13-22-53-52-20-7-10-27-61(52)68-64(47)53)45-34-36-51-49-19-6-9-25-56(49)66(60(51)39-45)57-26-12-16-42-15-11-23-54(62(42)57)63-46-17-4-3-14-40(46)30-37-58(63)66/h3-39,51,60H,1-2H3. The summed E-state index contributed by atoms with van der Waals surface area (Å²) in [7, 11) is 0. The fourth-order valence-corrected chi connectivity index (χ4v) is 13.4. The number of para-hydroxylation sites is 2. The van der Waals surface area contributed by atoms with Crippen LogP contribution in [0.1, 0.15) is 53.1 Å². The van der Waals surface area contributed by atoms with E-state index in [-0.39, 0.29) is 17.3 Å². The SMILES string of the molecule is CC1(C)c2ccccc2-c2ccc(N(C3=CC4C(C=C3)c3ccccc3C43c4ccc5ccccc5c4-c4cccc5cccc3c45)c3ccc(-c4cccc5c4oc4ccccc45)cc3)cc21. The molecule has 2 heteroatoms. The average Bonchev–Trinajstić information content (AvgIpc) is 3.99. The minimum absolute atomic E-state index is 0.0846. The van der Waals surface area contributed by atoms with Crippen molar-refractivity contribution >= 4 is 54.9 Å². The molecule has 0 saturated heterocycles. The van der Waals surface area contributed by atoms with E-state index in [9.17, 15) is 0 Å². The van der Waals surface area contributed by atoms with E-state index < -0.39 is 5.41 Å². The summed E-state index contributed by atoms with van der Waals surface area (Å²) in [6.07, 6.45) is 7.57. The Morgan fingerprint density at radius 1 is 0.471 bits per heavy atom. The summed E-state index contributed by atoms with van der Waals surface area (Å²) in [6.45, 7) is 4.76. The first-order valence-corrected chi connectivity index (χ1v) is 24.1. The molecule has 0 saturated carbocycles. The van der Waals surface area contributed by atoms with Gasteiger partial charge in [0.25, 0.3) is 0 Å². The molecular formula is C66H45NO. The van der Waals surface area contributed by atoms with Gasteiger partial charge < -0.3 is 9.32 Å². The van der Waals surface area contributed by atoms with Gasteiger partial charge >= 0.3 is 0 Å². The molecule has 0 radical (unpaired) electrons. The summed E-state index contributed by atoms with van der Waals surface area (Å²) in [6, 6.07) is 77.2. The van der Waals surface area contributed by atoms with Crippen LogP contribution in [-0.2, 0) is 10.8 Å². The van der Waals surface area contributed by atoms with Gasteiger partial charge in [-0.15, -0.1) is 0 Å². The van der Waals surface area contributed by atoms with Gasteiger partial charge in [-0.1, -0.05) is 202 Å². The molecule has 3 unspecified atom stereocenters. The fourth-order valence-electron chi connectivity index (χ4n) is 13.4. The van der Waals surface area contributed by atoms with E-state index in [2.05, 4.69) is 237 Å². The van der Waals surface area contributed by atoms with Crippen molar-refractivity contribution in [2.75, 3.05) is 4.90 Å². The van der Waals surface area contributed by atoms with Crippen molar-refractivity contribution in [3.63, 3.8) is 0 Å². The molecule has 4 aliphatic carbocycles. The smallest absolute Gasteiger partial charge is 0.143 e. The monoisotopic (exact) mass is 867 g/mol. The molecule has 1 heterocycles. The molecule has 3 atom stereocenters. The molecule has 0 fully saturated rings. The zero-order chi connectivity index (χ0) is 44.9. The molecule has 0 amide bonds. The number of hydrogen-bond donors (Lipinski definition) is 0. The van der Waals surface area contributed by atoms with Gasteiger partial charge in [-0.2, -0.15) is 0 Å². The molecule has 320 valence electrons. The highest BCUT2D eigenvalue weighted by atomic mass is 16.3. The second-order valence-corrected chi connectivity index (χ2v) is 19.9. The van der Waals surface area contributed by atoms with Crippen LogP contribution in [0, 0.1) is 5.92 Å². The molecule has 15 rings (SSSR count). The summed E-state index contributed by atoms with van der Waals surface area (Å²) in [5.74, 6) is 0.262. The molecule has 11 aromatic rings. The van der Waals surface area contributed by atoms with Crippen molar-refractivity contribution in [3.8, 4) is 33.4 Å². The highest BCUT2D eigenvalue weighted by molar-refractivity contribution is 6.12. The van der Waals surface area contributed by atoms with E-state index in [0.717, 1.165) is 44.4 Å². The second kappa shape index (κ2) is 13.7. The Morgan fingerprint density at radius 3 is 2.03 bits per heavy atom. The van der Waals surface area contributed by atoms with E-state index >= 15 is 0 Å². The van der Waals surface area contributed by atoms with Crippen LogP contribution in [0.5, 0.6) is 0 Å². The van der Waals surface area contributed by atoms with Gasteiger partial charge in [-0.05, 0) is 119 Å². The number of hydrogen-bond acceptors (Lipinski definition) is 2. The number of allylic oxidation sites excluding steroid dienone is 3. The average molecular weight is 868 g/mol. The molecular weight excluding hydrogens is 823 g/mol. The first kappa shape index (κ1) is 38.0. The van der Waals surface area contributed by atoms with Crippen LogP contribution in [0.25, 0.3) is 76.9 Å². The van der Waals surface area contributed by atoms with Crippen molar-refractivity contribution in [2.45, 2.75) is 30.6 Å². The van der Waals surface area contributed by atoms with Crippen LogP contribution in [0.4, 0.5) is 11.4 Å². The molecule has 4 aliphatic rings. The normalized spacial score (nSPS) is 18.9. The van der Waals surface area contributed by atoms with Gasteiger partial charge in [-0.25, -0.2) is 0 Å². The first-order valence-electron chi connectivity index (χ1n) is 24.1. The van der Waals surface area contributed by atoms with Gasteiger partial charge in [0.05, 0.1) is 5.41 Å². The van der Waals surface area contributed by atoms with E-state index in [4.69, 9.17) is 4.42 Å². The lowest BCUT2D eigenvalue weighted by atomic mass is 9.57. The predicted molar refractivity (Wildman–Crippen MR) is 282 cm³/mol. The second-order valence-electron chi connectivity index (χ2n) is 19.9. The molecule has 2 nitrogen and oxygen atoms in total. The number of nitrogens with zero attached hydrogens (tertiary/aromatic N) is 1. The van der Waals surface area contributed by atoms with Gasteiger partial charge in [0.15, 0.2) is 0 Å². The Kier molecular flexibility index (Phi) is 7.64. The number of fused-ring (bicyclic) bond motifs is 17. The Labute approximate surface area is 395 Å². The fraction of sp³-hybridized carbons (Fsp3) is 0.0909. The van der Waals surface area contributed by atoms with E-state index in [1.54, 1.807) is 0 Å².